The van der Waals surface area contributed by atoms with Gasteiger partial charge in [-0.05, 0) is 0 Å². The van der Waals surface area contributed by atoms with Gasteiger partial charge in [-0.3, -0.25) is 0 Å². The zero-order chi connectivity index (χ0) is 19.0. The van der Waals surface area contributed by atoms with Crippen molar-refractivity contribution in [1.29, 1.82) is 0 Å². The van der Waals surface area contributed by atoms with Gasteiger partial charge in [-0.2, -0.15) is 0 Å². The van der Waals surface area contributed by atoms with Crippen LogP contribution in [0.15, 0.2) is 39.8 Å². The smallest absolute Gasteiger partial charge is 0.147 e. The molecule has 2 rings (SSSR count). The van der Waals surface area contributed by atoms with Crippen LogP contribution in [0.3, 0.4) is 0 Å². The molecule has 27 heavy (non-hydrogen) atoms. The third-order valence-electron chi connectivity index (χ3n) is 4.62. The van der Waals surface area contributed by atoms with Crippen molar-refractivity contribution < 1.29 is 21.1 Å². The molecular formula is C23H36Cl2OTi. The van der Waals surface area contributed by atoms with Crippen LogP contribution in [0.25, 0.3) is 0 Å². The first kappa shape index (κ1) is 26.7. The summed E-state index contributed by atoms with van der Waals surface area (Å²) in [6.07, 6.45) is 5.87. The molecule has 0 unspecified atom stereocenters. The first-order valence-corrected chi connectivity index (χ1v) is 11.5. The van der Waals surface area contributed by atoms with Crippen molar-refractivity contribution in [3.05, 3.63) is 50.9 Å². The molecule has 0 bridgehead atoms. The van der Waals surface area contributed by atoms with Crippen molar-refractivity contribution in [3.63, 3.8) is 0 Å². The molecule has 0 heterocycles. The molecule has 0 saturated carbocycles. The van der Waals surface area contributed by atoms with E-state index < -0.39 is 17.8 Å². The number of rotatable bonds is 3. The number of aryl methyl sites for hydroxylation is 1. The first-order valence-electron chi connectivity index (χ1n) is 9.27. The number of hydrogen-bond acceptors (Lipinski definition) is 1. The van der Waals surface area contributed by atoms with Crippen molar-refractivity contribution >= 4 is 28.6 Å². The molecule has 0 aromatic heterocycles. The minimum absolute atomic E-state index is 0. The fraction of sp³-hybridized carbons (Fsp3) is 0.522. The van der Waals surface area contributed by atoms with E-state index in [9.17, 15) is 0 Å². The van der Waals surface area contributed by atoms with E-state index in [1.807, 2.05) is 0 Å². The number of halogens is 2. The summed E-state index contributed by atoms with van der Waals surface area (Å²) in [7, 11) is 0. The third kappa shape index (κ3) is 7.20. The van der Waals surface area contributed by atoms with Crippen molar-refractivity contribution in [3.8, 4) is 5.75 Å². The second kappa shape index (κ2) is 9.92. The van der Waals surface area contributed by atoms with E-state index in [0.717, 1.165) is 12.2 Å². The summed E-state index contributed by atoms with van der Waals surface area (Å²) in [6, 6.07) is 6.72. The van der Waals surface area contributed by atoms with Crippen molar-refractivity contribution in [2.75, 3.05) is 0 Å². The van der Waals surface area contributed by atoms with Gasteiger partial charge < -0.3 is 0 Å². The van der Waals surface area contributed by atoms with Gasteiger partial charge in [-0.1, -0.05) is 0 Å². The molecule has 4 heteroatoms. The maximum absolute atomic E-state index is 6.67. The Bertz CT molecular complexity index is 756. The van der Waals surface area contributed by atoms with E-state index in [1.165, 1.54) is 24.4 Å². The predicted molar refractivity (Wildman–Crippen MR) is 122 cm³/mol. The van der Waals surface area contributed by atoms with Crippen LogP contribution in [-0.2, 0) is 23.2 Å². The fourth-order valence-corrected chi connectivity index (χ4v) is 6.03. The van der Waals surface area contributed by atoms with Gasteiger partial charge in [0.2, 0.25) is 0 Å². The van der Waals surface area contributed by atoms with Gasteiger partial charge in [-0.15, -0.1) is 24.8 Å². The van der Waals surface area contributed by atoms with Gasteiger partial charge in [0, 0.05) is 0 Å². The van der Waals surface area contributed by atoms with E-state index in [-0.39, 0.29) is 35.6 Å². The van der Waals surface area contributed by atoms with Gasteiger partial charge in [-0.25, -0.2) is 0 Å². The summed E-state index contributed by atoms with van der Waals surface area (Å²) in [5.41, 5.74) is 4.45. The summed E-state index contributed by atoms with van der Waals surface area (Å²) >= 11 is -1.89. The molecule has 0 N–H and O–H groups in total. The molecule has 1 nitrogen and oxygen atoms in total. The van der Waals surface area contributed by atoms with Crippen LogP contribution < -0.4 is 3.32 Å². The van der Waals surface area contributed by atoms with Gasteiger partial charge in [0.05, 0.1) is 0 Å². The van der Waals surface area contributed by atoms with Gasteiger partial charge >= 0.3 is 161 Å². The molecule has 0 spiro atoms. The molecule has 0 aliphatic heterocycles. The van der Waals surface area contributed by atoms with Gasteiger partial charge in [0.15, 0.2) is 0 Å². The van der Waals surface area contributed by atoms with Crippen LogP contribution >= 0.6 is 24.8 Å². The normalized spacial score (nSPS) is 13.8. The maximum atomic E-state index is 6.67. The first-order chi connectivity index (χ1) is 11.4. The zero-order valence-corrected chi connectivity index (χ0v) is 21.5. The molecule has 152 valence electrons. The second-order valence-corrected chi connectivity index (χ2v) is 13.4. The molecule has 0 fully saturated rings. The van der Waals surface area contributed by atoms with Crippen molar-refractivity contribution in [1.82, 2.24) is 0 Å². The van der Waals surface area contributed by atoms with Crippen LogP contribution in [0.4, 0.5) is 0 Å². The van der Waals surface area contributed by atoms with E-state index in [4.69, 9.17) is 3.32 Å². The molecule has 0 amide bonds. The molecule has 1 aromatic rings. The predicted octanol–water partition coefficient (Wildman–Crippen LogP) is 7.52. The SMILES string of the molecule is C[C](C)=[Ti]([O]c1cc(C)cc(C(C)(C)C)c1)[C]1=CC(C(C)(C)C)=CC1.Cl.Cl. The largest absolute Gasteiger partial charge is 0.147 e. The average molecular weight is 447 g/mol. The topological polar surface area (TPSA) is 9.23 Å². The summed E-state index contributed by atoms with van der Waals surface area (Å²) in [5.74, 6) is 1.05. The molecular weight excluding hydrogens is 411 g/mol. The van der Waals surface area contributed by atoms with Crippen LogP contribution in [0, 0.1) is 12.3 Å². The van der Waals surface area contributed by atoms with Crippen LogP contribution in [0.1, 0.15) is 72.9 Å². The zero-order valence-electron chi connectivity index (χ0n) is 18.3. The molecule has 1 aromatic carbocycles. The Kier molecular flexibility index (Phi) is 9.80. The number of hydrogen-bond donors (Lipinski definition) is 0. The Morgan fingerprint density at radius 3 is 1.96 bits per heavy atom. The van der Waals surface area contributed by atoms with Crippen molar-refractivity contribution in [2.45, 2.75) is 74.1 Å². The Labute approximate surface area is 185 Å². The van der Waals surface area contributed by atoms with E-state index in [1.54, 1.807) is 0 Å². The second-order valence-electron chi connectivity index (χ2n) is 9.50. The average Bonchev–Trinajstić information content (AvgIpc) is 2.92. The Hall–Kier alpha value is -0.336. The summed E-state index contributed by atoms with van der Waals surface area (Å²) in [5, 5.41) is 0. The van der Waals surface area contributed by atoms with E-state index in [2.05, 4.69) is 92.7 Å². The van der Waals surface area contributed by atoms with Gasteiger partial charge in [0.25, 0.3) is 0 Å². The maximum Gasteiger partial charge on any atom is -0.147 e. The summed E-state index contributed by atoms with van der Waals surface area (Å²) in [6.45, 7) is 20.3. The van der Waals surface area contributed by atoms with E-state index >= 15 is 0 Å². The summed E-state index contributed by atoms with van der Waals surface area (Å²) < 4.78 is 9.66. The Morgan fingerprint density at radius 2 is 1.52 bits per heavy atom. The Balaban J connectivity index is 0.00000338. The molecule has 1 aliphatic carbocycles. The Morgan fingerprint density at radius 1 is 0.926 bits per heavy atom. The molecule has 1 aliphatic rings. The fourth-order valence-electron chi connectivity index (χ4n) is 3.05. The third-order valence-corrected chi connectivity index (χ3v) is 8.18. The monoisotopic (exact) mass is 446 g/mol. The molecule has 0 radical (unpaired) electrons. The van der Waals surface area contributed by atoms with E-state index in [0.29, 0.717) is 0 Å². The molecule has 0 atom stereocenters. The minimum atomic E-state index is -1.89. The van der Waals surface area contributed by atoms with Crippen LogP contribution in [0.2, 0.25) is 0 Å². The summed E-state index contributed by atoms with van der Waals surface area (Å²) in [4.78, 5) is 0. The molecule has 0 saturated heterocycles. The quantitative estimate of drug-likeness (QED) is 0.436. The van der Waals surface area contributed by atoms with Crippen LogP contribution in [0.5, 0.6) is 5.75 Å². The minimum Gasteiger partial charge on any atom is -0.147 e. The van der Waals surface area contributed by atoms with Crippen molar-refractivity contribution in [2.24, 2.45) is 5.41 Å². The number of benzene rings is 1. The number of allylic oxidation sites excluding steroid dienone is 4. The van der Waals surface area contributed by atoms with Gasteiger partial charge in [0.1, 0.15) is 0 Å². The standard InChI is InChI=1S/C11H16O.C9H13.C3H6.2ClH.Ti/c1-8-5-9(11(2,3)4)7-10(12)6-8;1-9(2,3)8-6-4-5-7-8;1-3-2;;;/h5-7,12H,1-4H3;6-7H,4H2,1-3H3;1-2H3;2*1H;/q;;;;;+1/p-1. The van der Waals surface area contributed by atoms with Crippen LogP contribution in [-0.4, -0.2) is 3.81 Å².